The van der Waals surface area contributed by atoms with Crippen LogP contribution < -0.4 is 4.74 Å². The number of ether oxygens (including phenoxy) is 1. The molecule has 0 aliphatic heterocycles. The van der Waals surface area contributed by atoms with Crippen LogP contribution in [0, 0.1) is 0 Å². The van der Waals surface area contributed by atoms with Crippen LogP contribution in [-0.2, 0) is 0 Å². The van der Waals surface area contributed by atoms with Crippen molar-refractivity contribution in [3.63, 3.8) is 0 Å². The molecular formula is C22H22O2. The van der Waals surface area contributed by atoms with Gasteiger partial charge in [-0.25, -0.2) is 0 Å². The van der Waals surface area contributed by atoms with Gasteiger partial charge in [0, 0.05) is 11.5 Å². The summed E-state index contributed by atoms with van der Waals surface area (Å²) in [6.07, 6.45) is 3.87. The molecular weight excluding hydrogens is 296 g/mol. The van der Waals surface area contributed by atoms with Crippen molar-refractivity contribution in [1.29, 1.82) is 0 Å². The molecule has 1 aliphatic rings. The Morgan fingerprint density at radius 3 is 2.38 bits per heavy atom. The summed E-state index contributed by atoms with van der Waals surface area (Å²) in [5.41, 5.74) is 1.16. The van der Waals surface area contributed by atoms with E-state index < -0.39 is 0 Å². The average molecular weight is 318 g/mol. The number of hydrogen-bond acceptors (Lipinski definition) is 2. The van der Waals surface area contributed by atoms with Gasteiger partial charge in [-0.2, -0.15) is 0 Å². The first-order valence-corrected chi connectivity index (χ1v) is 8.75. The fourth-order valence-corrected chi connectivity index (χ4v) is 3.81. The van der Waals surface area contributed by atoms with Gasteiger partial charge in [-0.1, -0.05) is 61.4 Å². The molecule has 2 nitrogen and oxygen atoms in total. The summed E-state index contributed by atoms with van der Waals surface area (Å²) in [6, 6.07) is 22.4. The minimum absolute atomic E-state index is 0.142. The maximum atomic E-state index is 10.6. The number of aliphatic hydroxyl groups excluding tert-OH is 1. The van der Waals surface area contributed by atoms with Crippen LogP contribution in [0.2, 0.25) is 0 Å². The Hall–Kier alpha value is -2.32. The molecule has 0 radical (unpaired) electrons. The normalized spacial score (nSPS) is 20.9. The van der Waals surface area contributed by atoms with E-state index in [4.69, 9.17) is 4.74 Å². The number of rotatable bonds is 3. The summed E-state index contributed by atoms with van der Waals surface area (Å²) in [5, 5.41) is 13.0. The lowest BCUT2D eigenvalue weighted by molar-refractivity contribution is 0.106. The zero-order valence-corrected chi connectivity index (χ0v) is 13.7. The Kier molecular flexibility index (Phi) is 4.22. The van der Waals surface area contributed by atoms with Crippen molar-refractivity contribution in [1.82, 2.24) is 0 Å². The molecule has 0 heterocycles. The summed E-state index contributed by atoms with van der Waals surface area (Å²) >= 11 is 0. The molecule has 0 amide bonds. The van der Waals surface area contributed by atoms with Gasteiger partial charge in [0.2, 0.25) is 0 Å². The summed E-state index contributed by atoms with van der Waals surface area (Å²) in [5.74, 6) is 1.84. The highest BCUT2D eigenvalue weighted by atomic mass is 16.5. The van der Waals surface area contributed by atoms with Crippen molar-refractivity contribution in [2.24, 2.45) is 0 Å². The van der Waals surface area contributed by atoms with Crippen LogP contribution in [0.15, 0.2) is 66.7 Å². The Bertz CT molecular complexity index is 826. The standard InChI is InChI=1S/C22H22O2/c23-20-13-7-6-12-19(20)22-18-11-5-4-8-16(18)14-15-21(22)24-17-9-2-1-3-10-17/h1-5,8-11,14-15,19-20,23H,6-7,12-13H2/t19-,20+/m0/s1. The molecule has 3 aromatic rings. The van der Waals surface area contributed by atoms with E-state index in [0.29, 0.717) is 0 Å². The van der Waals surface area contributed by atoms with Crippen molar-refractivity contribution in [3.8, 4) is 11.5 Å². The maximum absolute atomic E-state index is 10.6. The zero-order valence-electron chi connectivity index (χ0n) is 13.7. The minimum Gasteiger partial charge on any atom is -0.457 e. The van der Waals surface area contributed by atoms with Crippen molar-refractivity contribution >= 4 is 10.8 Å². The van der Waals surface area contributed by atoms with E-state index in [9.17, 15) is 5.11 Å². The topological polar surface area (TPSA) is 29.5 Å². The number of hydrogen-bond donors (Lipinski definition) is 1. The van der Waals surface area contributed by atoms with E-state index in [1.54, 1.807) is 0 Å². The molecule has 0 bridgehead atoms. The predicted octanol–water partition coefficient (Wildman–Crippen LogP) is 5.65. The fraction of sp³-hybridized carbons (Fsp3) is 0.273. The van der Waals surface area contributed by atoms with Gasteiger partial charge in [0.25, 0.3) is 0 Å². The third kappa shape index (κ3) is 2.90. The average Bonchev–Trinajstić information content (AvgIpc) is 2.63. The minimum atomic E-state index is -0.289. The molecule has 0 saturated heterocycles. The second kappa shape index (κ2) is 6.66. The Morgan fingerprint density at radius 1 is 0.792 bits per heavy atom. The van der Waals surface area contributed by atoms with Crippen molar-refractivity contribution in [2.75, 3.05) is 0 Å². The van der Waals surface area contributed by atoms with Crippen LogP contribution in [0.4, 0.5) is 0 Å². The quantitative estimate of drug-likeness (QED) is 0.676. The highest BCUT2D eigenvalue weighted by Gasteiger charge is 2.28. The number of fused-ring (bicyclic) bond motifs is 1. The van der Waals surface area contributed by atoms with Gasteiger partial charge >= 0.3 is 0 Å². The molecule has 0 aromatic heterocycles. The van der Waals surface area contributed by atoms with E-state index in [1.165, 1.54) is 10.8 Å². The van der Waals surface area contributed by atoms with Crippen LogP contribution in [0.5, 0.6) is 11.5 Å². The van der Waals surface area contributed by atoms with E-state index in [2.05, 4.69) is 30.3 Å². The van der Waals surface area contributed by atoms with Gasteiger partial charge in [0.1, 0.15) is 11.5 Å². The fourth-order valence-electron chi connectivity index (χ4n) is 3.81. The third-order valence-electron chi connectivity index (χ3n) is 5.00. The first kappa shape index (κ1) is 15.2. The predicted molar refractivity (Wildman–Crippen MR) is 97.7 cm³/mol. The van der Waals surface area contributed by atoms with Crippen LogP contribution in [0.1, 0.15) is 37.2 Å². The number of aliphatic hydroxyl groups is 1. The van der Waals surface area contributed by atoms with Crippen molar-refractivity contribution in [3.05, 3.63) is 72.3 Å². The monoisotopic (exact) mass is 318 g/mol. The van der Waals surface area contributed by atoms with Gasteiger partial charge in [0.05, 0.1) is 6.10 Å². The molecule has 3 aromatic carbocycles. The first-order chi connectivity index (χ1) is 11.8. The second-order valence-electron chi connectivity index (χ2n) is 6.57. The Labute approximate surface area is 142 Å². The lowest BCUT2D eigenvalue weighted by Gasteiger charge is -2.30. The highest BCUT2D eigenvalue weighted by molar-refractivity contribution is 5.88. The Morgan fingerprint density at radius 2 is 1.54 bits per heavy atom. The smallest absolute Gasteiger partial charge is 0.131 e. The molecule has 0 unspecified atom stereocenters. The van der Waals surface area contributed by atoms with Crippen LogP contribution in [0.3, 0.4) is 0 Å². The molecule has 1 fully saturated rings. The number of benzene rings is 3. The molecule has 122 valence electrons. The highest BCUT2D eigenvalue weighted by Crippen LogP contribution is 2.43. The van der Waals surface area contributed by atoms with Gasteiger partial charge in [-0.3, -0.25) is 0 Å². The number of para-hydroxylation sites is 1. The van der Waals surface area contributed by atoms with Gasteiger partial charge in [-0.05, 0) is 41.8 Å². The SMILES string of the molecule is O[C@@H]1CCCC[C@@H]1c1c(Oc2ccccc2)ccc2ccccc12. The summed E-state index contributed by atoms with van der Waals surface area (Å²) in [6.45, 7) is 0. The van der Waals surface area contributed by atoms with Crippen LogP contribution in [0.25, 0.3) is 10.8 Å². The van der Waals surface area contributed by atoms with Crippen LogP contribution in [-0.4, -0.2) is 11.2 Å². The molecule has 1 saturated carbocycles. The van der Waals surface area contributed by atoms with E-state index in [-0.39, 0.29) is 12.0 Å². The first-order valence-electron chi connectivity index (χ1n) is 8.75. The third-order valence-corrected chi connectivity index (χ3v) is 5.00. The largest absolute Gasteiger partial charge is 0.457 e. The second-order valence-corrected chi connectivity index (χ2v) is 6.57. The summed E-state index contributed by atoms with van der Waals surface area (Å²) in [4.78, 5) is 0. The van der Waals surface area contributed by atoms with Crippen molar-refractivity contribution < 1.29 is 9.84 Å². The molecule has 2 atom stereocenters. The molecule has 4 rings (SSSR count). The van der Waals surface area contributed by atoms with Gasteiger partial charge in [0.15, 0.2) is 0 Å². The zero-order chi connectivity index (χ0) is 16.4. The van der Waals surface area contributed by atoms with E-state index >= 15 is 0 Å². The molecule has 1 aliphatic carbocycles. The maximum Gasteiger partial charge on any atom is 0.131 e. The van der Waals surface area contributed by atoms with Gasteiger partial charge in [-0.15, -0.1) is 0 Å². The lowest BCUT2D eigenvalue weighted by Crippen LogP contribution is -2.23. The van der Waals surface area contributed by atoms with Crippen LogP contribution >= 0.6 is 0 Å². The molecule has 2 heteroatoms. The summed E-state index contributed by atoms with van der Waals surface area (Å²) in [7, 11) is 0. The van der Waals surface area contributed by atoms with Gasteiger partial charge < -0.3 is 9.84 Å². The summed E-state index contributed by atoms with van der Waals surface area (Å²) < 4.78 is 6.21. The van der Waals surface area contributed by atoms with Crippen molar-refractivity contribution in [2.45, 2.75) is 37.7 Å². The molecule has 24 heavy (non-hydrogen) atoms. The molecule has 1 N–H and O–H groups in total. The lowest BCUT2D eigenvalue weighted by atomic mass is 9.79. The van der Waals surface area contributed by atoms with E-state index in [1.807, 2.05) is 36.4 Å². The molecule has 0 spiro atoms. The Balaban J connectivity index is 1.84. The van der Waals surface area contributed by atoms with E-state index in [0.717, 1.165) is 42.7 Å².